The number of alkyl halides is 3. The lowest BCUT2D eigenvalue weighted by Crippen LogP contribution is -2.49. The van der Waals surface area contributed by atoms with Crippen molar-refractivity contribution in [3.63, 3.8) is 0 Å². The van der Waals surface area contributed by atoms with Gasteiger partial charge in [0.15, 0.2) is 0 Å². The fraction of sp³-hybridized carbons (Fsp3) is 0.381. The van der Waals surface area contributed by atoms with E-state index < -0.39 is 33.7 Å². The first-order valence-electron chi connectivity index (χ1n) is 9.35. The van der Waals surface area contributed by atoms with Gasteiger partial charge in [-0.15, -0.1) is 0 Å². The van der Waals surface area contributed by atoms with Crippen LogP contribution in [0.2, 0.25) is 0 Å². The van der Waals surface area contributed by atoms with Crippen LogP contribution in [0.5, 0.6) is 0 Å². The molecule has 0 unspecified atom stereocenters. The summed E-state index contributed by atoms with van der Waals surface area (Å²) >= 11 is 0. The molecule has 0 aliphatic carbocycles. The number of nitrogens with zero attached hydrogens (tertiary/aromatic N) is 1. The van der Waals surface area contributed by atoms with Crippen molar-refractivity contribution in [2.75, 3.05) is 10.6 Å². The summed E-state index contributed by atoms with van der Waals surface area (Å²) in [5, 5.41) is 2.57. The molecule has 0 aliphatic heterocycles. The van der Waals surface area contributed by atoms with Crippen LogP contribution in [-0.2, 0) is 27.5 Å². The standard InChI is InChI=1S/C21H25F3N2O3S/c1-5-18(26(30(4,28)29)19-11-14(2)9-10-15(19)3)20(27)25-13-16-7-6-8-17(12-16)21(22,23)24/h6-12,18H,5,13H2,1-4H3,(H,25,27)/t18-/m0/s1. The molecule has 2 aromatic carbocycles. The Morgan fingerprint density at radius 3 is 2.37 bits per heavy atom. The van der Waals surface area contributed by atoms with Gasteiger partial charge < -0.3 is 5.32 Å². The van der Waals surface area contributed by atoms with E-state index in [-0.39, 0.29) is 18.5 Å². The zero-order chi connectivity index (χ0) is 22.7. The van der Waals surface area contributed by atoms with Gasteiger partial charge in [-0.1, -0.05) is 31.2 Å². The van der Waals surface area contributed by atoms with E-state index >= 15 is 0 Å². The van der Waals surface area contributed by atoms with Crippen molar-refractivity contribution < 1.29 is 26.4 Å². The second kappa shape index (κ2) is 9.07. The zero-order valence-electron chi connectivity index (χ0n) is 17.2. The smallest absolute Gasteiger partial charge is 0.350 e. The minimum Gasteiger partial charge on any atom is -0.350 e. The van der Waals surface area contributed by atoms with E-state index in [0.717, 1.165) is 28.3 Å². The number of sulfonamides is 1. The average molecular weight is 443 g/mol. The Kier molecular flexibility index (Phi) is 7.18. The first-order valence-corrected chi connectivity index (χ1v) is 11.2. The average Bonchev–Trinajstić information content (AvgIpc) is 2.65. The lowest BCUT2D eigenvalue weighted by atomic mass is 10.1. The van der Waals surface area contributed by atoms with Crippen LogP contribution in [0.1, 0.15) is 35.6 Å². The molecule has 5 nitrogen and oxygen atoms in total. The highest BCUT2D eigenvalue weighted by molar-refractivity contribution is 7.92. The highest BCUT2D eigenvalue weighted by atomic mass is 32.2. The van der Waals surface area contributed by atoms with Crippen molar-refractivity contribution in [2.24, 2.45) is 0 Å². The van der Waals surface area contributed by atoms with Gasteiger partial charge in [-0.2, -0.15) is 13.2 Å². The summed E-state index contributed by atoms with van der Waals surface area (Å²) in [4.78, 5) is 12.8. The summed E-state index contributed by atoms with van der Waals surface area (Å²) in [5.74, 6) is -0.582. The van der Waals surface area contributed by atoms with Crippen LogP contribution in [0.25, 0.3) is 0 Å². The third-order valence-electron chi connectivity index (χ3n) is 4.65. The first-order chi connectivity index (χ1) is 13.8. The second-order valence-corrected chi connectivity index (χ2v) is 9.05. The van der Waals surface area contributed by atoms with Crippen LogP contribution in [-0.4, -0.2) is 26.6 Å². The molecule has 1 atom stereocenters. The zero-order valence-corrected chi connectivity index (χ0v) is 18.1. The topological polar surface area (TPSA) is 66.5 Å². The van der Waals surface area contributed by atoms with Crippen molar-refractivity contribution in [1.29, 1.82) is 0 Å². The van der Waals surface area contributed by atoms with E-state index in [0.29, 0.717) is 11.3 Å². The molecule has 9 heteroatoms. The molecular weight excluding hydrogens is 417 g/mol. The maximum absolute atomic E-state index is 12.9. The van der Waals surface area contributed by atoms with Crippen LogP contribution in [0.3, 0.4) is 0 Å². The summed E-state index contributed by atoms with van der Waals surface area (Å²) in [6.45, 7) is 5.10. The normalized spacial score (nSPS) is 13.0. The lowest BCUT2D eigenvalue weighted by molar-refractivity contribution is -0.137. The van der Waals surface area contributed by atoms with E-state index in [9.17, 15) is 26.4 Å². The summed E-state index contributed by atoms with van der Waals surface area (Å²) in [7, 11) is -3.80. The third-order valence-corrected chi connectivity index (χ3v) is 5.82. The van der Waals surface area contributed by atoms with Gasteiger partial charge in [0.2, 0.25) is 15.9 Å². The minimum atomic E-state index is -4.48. The molecule has 0 aromatic heterocycles. The van der Waals surface area contributed by atoms with Crippen molar-refractivity contribution in [3.05, 3.63) is 64.7 Å². The van der Waals surface area contributed by atoms with E-state index in [4.69, 9.17) is 0 Å². The fourth-order valence-corrected chi connectivity index (χ4v) is 4.42. The quantitative estimate of drug-likeness (QED) is 0.700. The SMILES string of the molecule is CC[C@@H](C(=O)NCc1cccc(C(F)(F)F)c1)N(c1cc(C)ccc1C)S(C)(=O)=O. The number of hydrogen-bond acceptors (Lipinski definition) is 3. The molecule has 0 spiro atoms. The number of nitrogens with one attached hydrogen (secondary N) is 1. The highest BCUT2D eigenvalue weighted by Crippen LogP contribution is 2.30. The maximum atomic E-state index is 12.9. The number of amides is 1. The third kappa shape index (κ3) is 5.75. The number of anilines is 1. The van der Waals surface area contributed by atoms with E-state index in [1.807, 2.05) is 13.0 Å². The molecule has 2 rings (SSSR count). The largest absolute Gasteiger partial charge is 0.416 e. The molecule has 164 valence electrons. The van der Waals surface area contributed by atoms with Gasteiger partial charge in [0.25, 0.3) is 0 Å². The van der Waals surface area contributed by atoms with Gasteiger partial charge in [-0.3, -0.25) is 9.10 Å². The van der Waals surface area contributed by atoms with Gasteiger partial charge in [0.1, 0.15) is 6.04 Å². The Hall–Kier alpha value is -2.55. The fourth-order valence-electron chi connectivity index (χ4n) is 3.16. The minimum absolute atomic E-state index is 0.149. The Balaban J connectivity index is 2.30. The second-order valence-electron chi connectivity index (χ2n) is 7.19. The molecule has 0 saturated carbocycles. The molecular formula is C21H25F3N2O3S. The highest BCUT2D eigenvalue weighted by Gasteiger charge is 2.33. The van der Waals surface area contributed by atoms with Crippen LogP contribution >= 0.6 is 0 Å². The molecule has 0 bridgehead atoms. The van der Waals surface area contributed by atoms with Crippen LogP contribution in [0, 0.1) is 13.8 Å². The lowest BCUT2D eigenvalue weighted by Gasteiger charge is -2.31. The number of halogens is 3. The summed E-state index contributed by atoms with van der Waals surface area (Å²) in [6.07, 6.45) is -3.27. The molecule has 30 heavy (non-hydrogen) atoms. The van der Waals surface area contributed by atoms with Gasteiger partial charge in [-0.25, -0.2) is 8.42 Å². The van der Waals surface area contributed by atoms with E-state index in [2.05, 4.69) is 5.32 Å². The number of carbonyl (C=O) groups is 1. The maximum Gasteiger partial charge on any atom is 0.416 e. The molecule has 1 amide bonds. The Morgan fingerprint density at radius 2 is 1.80 bits per heavy atom. The number of rotatable bonds is 7. The summed E-state index contributed by atoms with van der Waals surface area (Å²) < 4.78 is 64.8. The monoisotopic (exact) mass is 442 g/mol. The Bertz CT molecular complexity index is 1020. The van der Waals surface area contributed by atoms with Crippen molar-refractivity contribution in [2.45, 2.75) is 46.0 Å². The number of aryl methyl sites for hydroxylation is 2. The molecule has 2 aromatic rings. The number of carbonyl (C=O) groups excluding carboxylic acids is 1. The molecule has 1 N–H and O–H groups in total. The van der Waals surface area contributed by atoms with Crippen LogP contribution < -0.4 is 9.62 Å². The number of hydrogen-bond donors (Lipinski definition) is 1. The van der Waals surface area contributed by atoms with Crippen LogP contribution in [0.15, 0.2) is 42.5 Å². The molecule has 0 saturated heterocycles. The molecule has 0 fully saturated rings. The predicted molar refractivity (Wildman–Crippen MR) is 111 cm³/mol. The number of benzene rings is 2. The molecule has 0 aliphatic rings. The van der Waals surface area contributed by atoms with Crippen molar-refractivity contribution in [1.82, 2.24) is 5.32 Å². The van der Waals surface area contributed by atoms with Crippen molar-refractivity contribution >= 4 is 21.6 Å². The van der Waals surface area contributed by atoms with Gasteiger partial charge in [-0.05, 0) is 55.2 Å². The molecule has 0 radical (unpaired) electrons. The Morgan fingerprint density at radius 1 is 1.13 bits per heavy atom. The predicted octanol–water partition coefficient (Wildman–Crippen LogP) is 4.18. The van der Waals surface area contributed by atoms with Gasteiger partial charge >= 0.3 is 6.18 Å². The molecule has 0 heterocycles. The Labute approximate surface area is 175 Å². The first kappa shape index (κ1) is 23.7. The van der Waals surface area contributed by atoms with E-state index in [1.54, 1.807) is 26.0 Å². The summed E-state index contributed by atoms with van der Waals surface area (Å²) in [5.41, 5.74) is 1.39. The van der Waals surface area contributed by atoms with Crippen molar-refractivity contribution in [3.8, 4) is 0 Å². The van der Waals surface area contributed by atoms with Gasteiger partial charge in [0, 0.05) is 6.54 Å². The van der Waals surface area contributed by atoms with Crippen LogP contribution in [0.4, 0.5) is 18.9 Å². The van der Waals surface area contributed by atoms with E-state index in [1.165, 1.54) is 12.1 Å². The summed E-state index contributed by atoms with van der Waals surface area (Å²) in [6, 6.07) is 8.91. The van der Waals surface area contributed by atoms with Gasteiger partial charge in [0.05, 0.1) is 17.5 Å².